The standard InChI is InChI=1S/C13H11BrN2O3/c1-6-2-3-7(14)4-8(6)11-15-12(19-16-11)9-5-10(9)13(17)18/h2-4,9-10H,5H2,1H3,(H,17,18). The maximum Gasteiger partial charge on any atom is 0.307 e. The van der Waals surface area contributed by atoms with Crippen LogP contribution in [0.1, 0.15) is 23.8 Å². The monoisotopic (exact) mass is 322 g/mol. The van der Waals surface area contributed by atoms with Gasteiger partial charge in [-0.15, -0.1) is 0 Å². The molecule has 3 rings (SSSR count). The molecule has 6 heteroatoms. The molecule has 2 atom stereocenters. The lowest BCUT2D eigenvalue weighted by molar-refractivity contribution is -0.138. The molecule has 1 fully saturated rings. The first-order chi connectivity index (χ1) is 9.06. The number of rotatable bonds is 3. The third kappa shape index (κ3) is 2.28. The average Bonchev–Trinajstić information content (AvgIpc) is 3.04. The number of hydrogen-bond donors (Lipinski definition) is 1. The summed E-state index contributed by atoms with van der Waals surface area (Å²) in [7, 11) is 0. The summed E-state index contributed by atoms with van der Waals surface area (Å²) in [6.07, 6.45) is 0.578. The van der Waals surface area contributed by atoms with E-state index < -0.39 is 5.97 Å². The van der Waals surface area contributed by atoms with Crippen LogP contribution in [0.5, 0.6) is 0 Å². The Labute approximate surface area is 117 Å². The second-order valence-electron chi connectivity index (χ2n) is 4.70. The number of benzene rings is 1. The quantitative estimate of drug-likeness (QED) is 0.940. The lowest BCUT2D eigenvalue weighted by atomic mass is 10.1. The highest BCUT2D eigenvalue weighted by Gasteiger charge is 2.48. The molecule has 19 heavy (non-hydrogen) atoms. The molecule has 1 saturated carbocycles. The van der Waals surface area contributed by atoms with Crippen molar-refractivity contribution in [3.05, 3.63) is 34.1 Å². The van der Waals surface area contributed by atoms with E-state index in [1.807, 2.05) is 25.1 Å². The third-order valence-corrected chi connectivity index (χ3v) is 3.80. The lowest BCUT2D eigenvalue weighted by Gasteiger charge is -2.00. The molecule has 2 aromatic rings. The van der Waals surface area contributed by atoms with Gasteiger partial charge in [0.25, 0.3) is 0 Å². The predicted molar refractivity (Wildman–Crippen MR) is 70.7 cm³/mol. The van der Waals surface area contributed by atoms with E-state index in [4.69, 9.17) is 9.63 Å². The number of carboxylic acid groups (broad SMARTS) is 1. The van der Waals surface area contributed by atoms with E-state index in [0.29, 0.717) is 18.1 Å². The van der Waals surface area contributed by atoms with Crippen molar-refractivity contribution in [3.63, 3.8) is 0 Å². The smallest absolute Gasteiger partial charge is 0.307 e. The summed E-state index contributed by atoms with van der Waals surface area (Å²) < 4.78 is 6.12. The van der Waals surface area contributed by atoms with Crippen LogP contribution < -0.4 is 0 Å². The molecule has 0 aliphatic heterocycles. The van der Waals surface area contributed by atoms with E-state index in [9.17, 15) is 4.79 Å². The molecule has 98 valence electrons. The van der Waals surface area contributed by atoms with Crippen LogP contribution >= 0.6 is 15.9 Å². The van der Waals surface area contributed by atoms with Crippen LogP contribution in [0.2, 0.25) is 0 Å². The SMILES string of the molecule is Cc1ccc(Br)cc1-c1noc(C2CC2C(=O)O)n1. The zero-order valence-corrected chi connectivity index (χ0v) is 11.7. The van der Waals surface area contributed by atoms with E-state index in [0.717, 1.165) is 15.6 Å². The molecule has 1 aromatic heterocycles. The van der Waals surface area contributed by atoms with Crippen LogP contribution in [0.25, 0.3) is 11.4 Å². The molecule has 1 N–H and O–H groups in total. The summed E-state index contributed by atoms with van der Waals surface area (Å²) in [6.45, 7) is 1.97. The molecule has 5 nitrogen and oxygen atoms in total. The van der Waals surface area contributed by atoms with Crippen LogP contribution in [-0.2, 0) is 4.79 Å². The average molecular weight is 323 g/mol. The Morgan fingerprint density at radius 1 is 1.53 bits per heavy atom. The number of nitrogens with zero attached hydrogens (tertiary/aromatic N) is 2. The molecule has 1 aliphatic rings. The molecule has 1 heterocycles. The minimum Gasteiger partial charge on any atom is -0.481 e. The number of carboxylic acids is 1. The fraction of sp³-hybridized carbons (Fsp3) is 0.308. The Hall–Kier alpha value is -1.69. The minimum atomic E-state index is -0.802. The lowest BCUT2D eigenvalue weighted by Crippen LogP contribution is -1.99. The van der Waals surface area contributed by atoms with Crippen LogP contribution in [0, 0.1) is 12.8 Å². The van der Waals surface area contributed by atoms with Crippen LogP contribution in [0.4, 0.5) is 0 Å². The molecular weight excluding hydrogens is 312 g/mol. The highest BCUT2D eigenvalue weighted by atomic mass is 79.9. The predicted octanol–water partition coefficient (Wildman–Crippen LogP) is 3.00. The summed E-state index contributed by atoms with van der Waals surface area (Å²) in [5.74, 6) is -0.391. The second-order valence-corrected chi connectivity index (χ2v) is 5.62. The van der Waals surface area contributed by atoms with Crippen LogP contribution in [0.15, 0.2) is 27.2 Å². The van der Waals surface area contributed by atoms with Gasteiger partial charge in [0.2, 0.25) is 11.7 Å². The third-order valence-electron chi connectivity index (χ3n) is 3.31. The van der Waals surface area contributed by atoms with Gasteiger partial charge >= 0.3 is 5.97 Å². The van der Waals surface area contributed by atoms with Crippen LogP contribution in [0.3, 0.4) is 0 Å². The number of aromatic nitrogens is 2. The van der Waals surface area contributed by atoms with E-state index >= 15 is 0 Å². The molecule has 0 bridgehead atoms. The first-order valence-corrected chi connectivity index (χ1v) is 6.68. The number of carbonyl (C=O) groups is 1. The first kappa shape index (κ1) is 12.3. The molecule has 2 unspecified atom stereocenters. The van der Waals surface area contributed by atoms with Crippen molar-refractivity contribution in [2.75, 3.05) is 0 Å². The van der Waals surface area contributed by atoms with Crippen molar-refractivity contribution >= 4 is 21.9 Å². The molecule has 0 radical (unpaired) electrons. The van der Waals surface area contributed by atoms with Gasteiger partial charge in [0.15, 0.2) is 0 Å². The van der Waals surface area contributed by atoms with Gasteiger partial charge in [-0.25, -0.2) is 0 Å². The van der Waals surface area contributed by atoms with Gasteiger partial charge in [0, 0.05) is 10.0 Å². The number of halogens is 1. The topological polar surface area (TPSA) is 76.2 Å². The molecule has 1 aliphatic carbocycles. The molecule has 0 amide bonds. The van der Waals surface area contributed by atoms with Gasteiger partial charge in [-0.1, -0.05) is 27.2 Å². The molecule has 0 saturated heterocycles. The van der Waals surface area contributed by atoms with Crippen molar-refractivity contribution in [1.82, 2.24) is 10.1 Å². The normalized spacial score (nSPS) is 21.4. The summed E-state index contributed by atoms with van der Waals surface area (Å²) in [5, 5.41) is 12.8. The van der Waals surface area contributed by atoms with Crippen molar-refractivity contribution in [1.29, 1.82) is 0 Å². The van der Waals surface area contributed by atoms with Crippen molar-refractivity contribution in [3.8, 4) is 11.4 Å². The van der Waals surface area contributed by atoms with Gasteiger partial charge in [-0.2, -0.15) is 4.98 Å². The maximum absolute atomic E-state index is 10.8. The highest BCUT2D eigenvalue weighted by molar-refractivity contribution is 9.10. The fourth-order valence-corrected chi connectivity index (χ4v) is 2.43. The Bertz CT molecular complexity index is 653. The fourth-order valence-electron chi connectivity index (χ4n) is 2.07. The Morgan fingerprint density at radius 2 is 2.32 bits per heavy atom. The zero-order valence-electron chi connectivity index (χ0n) is 10.1. The Balaban J connectivity index is 1.90. The van der Waals surface area contributed by atoms with Crippen molar-refractivity contribution < 1.29 is 14.4 Å². The minimum absolute atomic E-state index is 0.133. The summed E-state index contributed by atoms with van der Waals surface area (Å²) in [6, 6.07) is 5.83. The van der Waals surface area contributed by atoms with Gasteiger partial charge < -0.3 is 9.63 Å². The van der Waals surface area contributed by atoms with Gasteiger partial charge in [0.1, 0.15) is 0 Å². The summed E-state index contributed by atoms with van der Waals surface area (Å²) in [4.78, 5) is 15.1. The van der Waals surface area contributed by atoms with E-state index in [1.54, 1.807) is 0 Å². The largest absolute Gasteiger partial charge is 0.481 e. The van der Waals surface area contributed by atoms with Crippen molar-refractivity contribution in [2.24, 2.45) is 5.92 Å². The zero-order chi connectivity index (χ0) is 13.6. The van der Waals surface area contributed by atoms with E-state index in [2.05, 4.69) is 26.1 Å². The van der Waals surface area contributed by atoms with Crippen LogP contribution in [-0.4, -0.2) is 21.2 Å². The molecular formula is C13H11BrN2O3. The number of hydrogen-bond acceptors (Lipinski definition) is 4. The molecule has 1 aromatic carbocycles. The Morgan fingerprint density at radius 3 is 3.00 bits per heavy atom. The van der Waals surface area contributed by atoms with Gasteiger partial charge in [0.05, 0.1) is 11.8 Å². The first-order valence-electron chi connectivity index (χ1n) is 5.89. The van der Waals surface area contributed by atoms with E-state index in [1.165, 1.54) is 0 Å². The van der Waals surface area contributed by atoms with Gasteiger partial charge in [-0.3, -0.25) is 4.79 Å². The highest BCUT2D eigenvalue weighted by Crippen LogP contribution is 2.47. The molecule has 0 spiro atoms. The van der Waals surface area contributed by atoms with E-state index in [-0.39, 0.29) is 11.8 Å². The summed E-state index contributed by atoms with van der Waals surface area (Å²) >= 11 is 3.41. The Kier molecular flexibility index (Phi) is 2.89. The number of aryl methyl sites for hydroxylation is 1. The maximum atomic E-state index is 10.8. The summed E-state index contributed by atoms with van der Waals surface area (Å²) in [5.41, 5.74) is 1.93. The van der Waals surface area contributed by atoms with Crippen molar-refractivity contribution in [2.45, 2.75) is 19.3 Å². The second kappa shape index (κ2) is 4.45. The van der Waals surface area contributed by atoms with Gasteiger partial charge in [-0.05, 0) is 31.0 Å². The number of aliphatic carboxylic acids is 1.